The van der Waals surface area contributed by atoms with Crippen LogP contribution in [0.3, 0.4) is 0 Å². The highest BCUT2D eigenvalue weighted by atomic mass is 19.1. The molecule has 1 N–H and O–H groups in total. The minimum absolute atomic E-state index is 0.186. The summed E-state index contributed by atoms with van der Waals surface area (Å²) in [5.74, 6) is -3.25. The number of carbonyl (C=O) groups excluding carboxylic acids is 3. The number of aromatic amines is 1. The van der Waals surface area contributed by atoms with Crippen molar-refractivity contribution in [1.82, 2.24) is 4.90 Å². The first-order valence-corrected chi connectivity index (χ1v) is 10.6. The number of nitrogens with one attached hydrogen (secondary N) is 1. The van der Waals surface area contributed by atoms with E-state index in [0.29, 0.717) is 11.5 Å². The number of benzene rings is 2. The van der Waals surface area contributed by atoms with Crippen LogP contribution in [-0.2, 0) is 16.1 Å². The quantitative estimate of drug-likeness (QED) is 0.338. The SMILES string of the molecule is CC(C)c1ccc(C2C(C(=O)c3ccc(F)cc3)C(=O)C(=O)N2Cc2ccc[nH+]c2)cc1. The summed E-state index contributed by atoms with van der Waals surface area (Å²) in [5.41, 5.74) is 2.85. The monoisotopic (exact) mass is 431 g/mol. The minimum Gasteiger partial charge on any atom is -0.323 e. The van der Waals surface area contributed by atoms with E-state index in [1.165, 1.54) is 29.2 Å². The Bertz CT molecular complexity index is 1140. The standard InChI is InChI=1S/C26H23FN2O3/c1-16(2)18-5-7-19(8-6-18)23-22(24(30)20-9-11-21(27)12-10-20)25(31)26(32)29(23)15-17-4-3-13-28-14-17/h3-14,16,22-23H,15H2,1-2H3/p+1. The second-order valence-electron chi connectivity index (χ2n) is 8.32. The molecule has 4 rings (SSSR count). The first-order valence-electron chi connectivity index (χ1n) is 10.6. The number of amides is 1. The van der Waals surface area contributed by atoms with E-state index in [0.717, 1.165) is 11.1 Å². The van der Waals surface area contributed by atoms with Gasteiger partial charge in [0.05, 0.1) is 12.6 Å². The van der Waals surface area contributed by atoms with Crippen LogP contribution in [0.15, 0.2) is 73.1 Å². The lowest BCUT2D eigenvalue weighted by Crippen LogP contribution is -2.30. The summed E-state index contributed by atoms with van der Waals surface area (Å²) in [5, 5.41) is 0. The molecule has 5 nitrogen and oxygen atoms in total. The molecule has 0 saturated carbocycles. The summed E-state index contributed by atoms with van der Waals surface area (Å²) in [4.78, 5) is 43.9. The Balaban J connectivity index is 1.77. The first-order chi connectivity index (χ1) is 15.4. The van der Waals surface area contributed by atoms with Crippen LogP contribution in [-0.4, -0.2) is 22.4 Å². The molecule has 32 heavy (non-hydrogen) atoms. The van der Waals surface area contributed by atoms with E-state index in [1.54, 1.807) is 12.4 Å². The van der Waals surface area contributed by atoms with Crippen LogP contribution in [0, 0.1) is 11.7 Å². The van der Waals surface area contributed by atoms with Gasteiger partial charge in [-0.3, -0.25) is 14.4 Å². The molecule has 2 atom stereocenters. The fourth-order valence-corrected chi connectivity index (χ4v) is 4.13. The van der Waals surface area contributed by atoms with Gasteiger partial charge in [-0.15, -0.1) is 0 Å². The molecule has 0 aliphatic carbocycles. The highest BCUT2D eigenvalue weighted by molar-refractivity contribution is 6.44. The lowest BCUT2D eigenvalue weighted by Gasteiger charge is -2.27. The largest absolute Gasteiger partial charge is 0.323 e. The van der Waals surface area contributed by atoms with Gasteiger partial charge in [-0.2, -0.15) is 0 Å². The van der Waals surface area contributed by atoms with E-state index in [-0.39, 0.29) is 12.1 Å². The van der Waals surface area contributed by atoms with Crippen LogP contribution in [0.1, 0.15) is 52.9 Å². The van der Waals surface area contributed by atoms with Crippen LogP contribution in [0.25, 0.3) is 0 Å². The van der Waals surface area contributed by atoms with E-state index < -0.39 is 35.3 Å². The number of pyridine rings is 1. The smallest absolute Gasteiger partial charge is 0.291 e. The molecule has 3 aromatic rings. The number of hydrogen-bond donors (Lipinski definition) is 0. The molecule has 2 unspecified atom stereocenters. The Kier molecular flexibility index (Phi) is 5.95. The second-order valence-corrected chi connectivity index (χ2v) is 8.32. The summed E-state index contributed by atoms with van der Waals surface area (Å²) in [7, 11) is 0. The van der Waals surface area contributed by atoms with E-state index >= 15 is 0 Å². The van der Waals surface area contributed by atoms with Crippen molar-refractivity contribution >= 4 is 17.5 Å². The van der Waals surface area contributed by atoms with Crippen molar-refractivity contribution in [3.8, 4) is 0 Å². The van der Waals surface area contributed by atoms with Crippen molar-refractivity contribution in [3.05, 3.63) is 101 Å². The highest BCUT2D eigenvalue weighted by Gasteiger charge is 2.51. The van der Waals surface area contributed by atoms with Crippen molar-refractivity contribution in [2.75, 3.05) is 0 Å². The number of halogens is 1. The summed E-state index contributed by atoms with van der Waals surface area (Å²) < 4.78 is 13.4. The average molecular weight is 431 g/mol. The molecule has 1 aliphatic rings. The number of rotatable bonds is 6. The molecule has 6 heteroatoms. The number of Topliss-reactive ketones (excluding diaryl/α,β-unsaturated/α-hetero) is 2. The van der Waals surface area contributed by atoms with Crippen molar-refractivity contribution in [1.29, 1.82) is 0 Å². The normalized spacial score (nSPS) is 18.4. The molecule has 2 aromatic carbocycles. The molecule has 1 saturated heterocycles. The molecule has 0 radical (unpaired) electrons. The van der Waals surface area contributed by atoms with Gasteiger partial charge >= 0.3 is 0 Å². The maximum Gasteiger partial charge on any atom is 0.291 e. The van der Waals surface area contributed by atoms with E-state index in [9.17, 15) is 18.8 Å². The third kappa shape index (κ3) is 4.08. The second kappa shape index (κ2) is 8.83. The first kappa shape index (κ1) is 21.6. The molecular formula is C26H24FN2O3+. The third-order valence-electron chi connectivity index (χ3n) is 5.89. The van der Waals surface area contributed by atoms with E-state index in [1.807, 2.05) is 36.4 Å². The average Bonchev–Trinajstić information content (AvgIpc) is 3.05. The van der Waals surface area contributed by atoms with Crippen molar-refractivity contribution in [2.24, 2.45) is 5.92 Å². The predicted molar refractivity (Wildman–Crippen MR) is 116 cm³/mol. The van der Waals surface area contributed by atoms with Gasteiger partial charge in [-0.1, -0.05) is 38.1 Å². The Labute approximate surface area is 185 Å². The number of carbonyl (C=O) groups is 3. The van der Waals surface area contributed by atoms with Crippen LogP contribution >= 0.6 is 0 Å². The predicted octanol–water partition coefficient (Wildman–Crippen LogP) is 3.91. The zero-order valence-electron chi connectivity index (χ0n) is 17.9. The zero-order valence-corrected chi connectivity index (χ0v) is 17.9. The Morgan fingerprint density at radius 3 is 2.31 bits per heavy atom. The van der Waals surface area contributed by atoms with Crippen LogP contribution in [0.2, 0.25) is 0 Å². The maximum atomic E-state index is 13.4. The Hall–Kier alpha value is -3.67. The van der Waals surface area contributed by atoms with Crippen LogP contribution < -0.4 is 4.98 Å². The maximum absolute atomic E-state index is 13.4. The van der Waals surface area contributed by atoms with Gasteiger partial charge in [0.25, 0.3) is 5.91 Å². The molecule has 0 spiro atoms. The van der Waals surface area contributed by atoms with Gasteiger partial charge < -0.3 is 4.90 Å². The number of aromatic nitrogens is 1. The molecule has 0 bridgehead atoms. The summed E-state index contributed by atoms with van der Waals surface area (Å²) >= 11 is 0. The van der Waals surface area contributed by atoms with Crippen molar-refractivity contribution in [3.63, 3.8) is 0 Å². The lowest BCUT2D eigenvalue weighted by atomic mass is 9.85. The summed E-state index contributed by atoms with van der Waals surface area (Å²) in [6.07, 6.45) is 3.51. The number of nitrogens with zero attached hydrogens (tertiary/aromatic N) is 1. The minimum atomic E-state index is -1.19. The number of hydrogen-bond acceptors (Lipinski definition) is 3. The summed E-state index contributed by atoms with van der Waals surface area (Å²) in [6, 6.07) is 15.6. The van der Waals surface area contributed by atoms with Crippen molar-refractivity contribution < 1.29 is 23.8 Å². The third-order valence-corrected chi connectivity index (χ3v) is 5.89. The lowest BCUT2D eigenvalue weighted by molar-refractivity contribution is -0.378. The Morgan fingerprint density at radius 1 is 1.03 bits per heavy atom. The molecular weight excluding hydrogens is 407 g/mol. The van der Waals surface area contributed by atoms with Gasteiger partial charge in [-0.25, -0.2) is 9.37 Å². The topological polar surface area (TPSA) is 68.6 Å². The molecule has 1 aliphatic heterocycles. The number of likely N-dealkylation sites (tertiary alicyclic amines) is 1. The van der Waals surface area contributed by atoms with Gasteiger partial charge in [0.2, 0.25) is 5.78 Å². The Morgan fingerprint density at radius 2 is 1.72 bits per heavy atom. The number of ketones is 2. The van der Waals surface area contributed by atoms with E-state index in [2.05, 4.69) is 18.8 Å². The van der Waals surface area contributed by atoms with Gasteiger partial charge in [-0.05, 0) is 47.4 Å². The fourth-order valence-electron chi connectivity index (χ4n) is 4.13. The molecule has 1 amide bonds. The van der Waals surface area contributed by atoms with Crippen LogP contribution in [0.5, 0.6) is 0 Å². The number of H-pyrrole nitrogens is 1. The zero-order chi connectivity index (χ0) is 22.8. The molecule has 1 fully saturated rings. The van der Waals surface area contributed by atoms with Crippen molar-refractivity contribution in [2.45, 2.75) is 32.4 Å². The van der Waals surface area contributed by atoms with Gasteiger partial charge in [0.1, 0.15) is 11.7 Å². The molecule has 1 aromatic heterocycles. The van der Waals surface area contributed by atoms with Crippen LogP contribution in [0.4, 0.5) is 4.39 Å². The van der Waals surface area contributed by atoms with Gasteiger partial charge in [0.15, 0.2) is 18.2 Å². The van der Waals surface area contributed by atoms with Gasteiger partial charge in [0, 0.05) is 17.2 Å². The molecule has 162 valence electrons. The van der Waals surface area contributed by atoms with E-state index in [4.69, 9.17) is 0 Å². The fraction of sp³-hybridized carbons (Fsp3) is 0.231. The highest BCUT2D eigenvalue weighted by Crippen LogP contribution is 2.39. The summed E-state index contributed by atoms with van der Waals surface area (Å²) in [6.45, 7) is 4.35. The molecule has 2 heterocycles.